The summed E-state index contributed by atoms with van der Waals surface area (Å²) in [6.07, 6.45) is 6.72. The number of aromatic nitrogens is 1. The molecule has 34 heavy (non-hydrogen) atoms. The summed E-state index contributed by atoms with van der Waals surface area (Å²) in [6, 6.07) is 13.7. The van der Waals surface area contributed by atoms with Gasteiger partial charge in [0.15, 0.2) is 0 Å². The molecule has 1 aliphatic carbocycles. The van der Waals surface area contributed by atoms with E-state index in [0.717, 1.165) is 29.3 Å². The lowest BCUT2D eigenvalue weighted by atomic mass is 10.1. The van der Waals surface area contributed by atoms with Crippen molar-refractivity contribution in [1.82, 2.24) is 4.57 Å². The minimum absolute atomic E-state index is 0.0892. The summed E-state index contributed by atoms with van der Waals surface area (Å²) in [5.74, 6) is -1.11. The monoisotopic (exact) mass is 457 g/mol. The van der Waals surface area contributed by atoms with E-state index in [1.807, 2.05) is 24.3 Å². The molecule has 2 aliphatic rings. The minimum atomic E-state index is -1.06. The molecule has 5 rings (SSSR count). The van der Waals surface area contributed by atoms with Gasteiger partial charge in [-0.05, 0) is 67.8 Å². The topological polar surface area (TPSA) is 92.0 Å². The van der Waals surface area contributed by atoms with Crippen LogP contribution in [0.4, 0.5) is 5.69 Å². The van der Waals surface area contributed by atoms with E-state index in [4.69, 9.17) is 0 Å². The Morgan fingerprint density at radius 2 is 1.85 bits per heavy atom. The van der Waals surface area contributed by atoms with Gasteiger partial charge in [-0.2, -0.15) is 10.1 Å². The first-order valence-electron chi connectivity index (χ1n) is 11.4. The molecule has 1 aliphatic heterocycles. The van der Waals surface area contributed by atoms with Gasteiger partial charge in [-0.1, -0.05) is 32.4 Å². The molecule has 2 aromatic carbocycles. The fourth-order valence-electron chi connectivity index (χ4n) is 3.77. The van der Waals surface area contributed by atoms with Crippen LogP contribution in [0, 0.1) is 5.92 Å². The number of nitrogens with zero attached hydrogens (tertiary/aromatic N) is 3. The molecule has 0 saturated heterocycles. The zero-order valence-corrected chi connectivity index (χ0v) is 19.5. The lowest BCUT2D eigenvalue weighted by molar-refractivity contribution is -0.114. The van der Waals surface area contributed by atoms with E-state index in [2.05, 4.69) is 18.9 Å². The fraction of sp³-hybridized carbons (Fsp3) is 0.259. The van der Waals surface area contributed by atoms with Crippen LogP contribution in [-0.4, -0.2) is 33.2 Å². The average Bonchev–Trinajstić information content (AvgIpc) is 3.53. The van der Waals surface area contributed by atoms with E-state index in [1.54, 1.807) is 35.9 Å². The van der Waals surface area contributed by atoms with E-state index in [0.29, 0.717) is 17.0 Å². The van der Waals surface area contributed by atoms with Gasteiger partial charge in [-0.25, -0.2) is 4.79 Å². The molecule has 1 amide bonds. The highest BCUT2D eigenvalue weighted by Crippen LogP contribution is 2.32. The molecule has 0 radical (unpaired) electrons. The number of fused-ring (bicyclic) bond motifs is 1. The van der Waals surface area contributed by atoms with Crippen LogP contribution < -0.4 is 5.01 Å². The van der Waals surface area contributed by atoms with Crippen molar-refractivity contribution in [3.05, 3.63) is 71.4 Å². The van der Waals surface area contributed by atoms with Gasteiger partial charge >= 0.3 is 5.97 Å². The van der Waals surface area contributed by atoms with Crippen LogP contribution in [0.3, 0.4) is 0 Å². The van der Waals surface area contributed by atoms with Crippen molar-refractivity contribution in [2.75, 3.05) is 5.01 Å². The zero-order valence-electron chi connectivity index (χ0n) is 19.5. The van der Waals surface area contributed by atoms with E-state index in [9.17, 15) is 19.5 Å². The molecule has 0 atom stereocenters. The molecule has 0 spiro atoms. The number of hydrazone groups is 1. The molecule has 174 valence electrons. The Labute approximate surface area is 198 Å². The van der Waals surface area contributed by atoms with Crippen molar-refractivity contribution in [1.29, 1.82) is 0 Å². The summed E-state index contributed by atoms with van der Waals surface area (Å²) in [5.41, 5.74) is 3.16. The first-order valence-corrected chi connectivity index (χ1v) is 11.4. The minimum Gasteiger partial charge on any atom is -0.478 e. The SMILES string of the molecule is CC1=NN(c2cccc(C(=O)O)c2)C(=O)/C1=C\c1ccc2c(ccn2C(=O)C2CC2)c1.CCC. The number of hydrogen-bond donors (Lipinski definition) is 1. The predicted octanol–water partition coefficient (Wildman–Crippen LogP) is 5.61. The van der Waals surface area contributed by atoms with Gasteiger partial charge in [0.05, 0.1) is 28.1 Å². The predicted molar refractivity (Wildman–Crippen MR) is 133 cm³/mol. The van der Waals surface area contributed by atoms with Crippen LogP contribution in [0.1, 0.15) is 60.7 Å². The number of carboxylic acids is 1. The Morgan fingerprint density at radius 1 is 1.12 bits per heavy atom. The smallest absolute Gasteiger partial charge is 0.335 e. The summed E-state index contributed by atoms with van der Waals surface area (Å²) >= 11 is 0. The number of carbonyl (C=O) groups is 3. The number of carbonyl (C=O) groups excluding carboxylic acids is 2. The van der Waals surface area contributed by atoms with E-state index < -0.39 is 5.97 Å². The molecule has 7 nitrogen and oxygen atoms in total. The van der Waals surface area contributed by atoms with Gasteiger partial charge in [-0.15, -0.1) is 0 Å². The van der Waals surface area contributed by atoms with Crippen molar-refractivity contribution >= 4 is 46.2 Å². The lowest BCUT2D eigenvalue weighted by Crippen LogP contribution is -2.21. The van der Waals surface area contributed by atoms with Crippen molar-refractivity contribution < 1.29 is 19.5 Å². The van der Waals surface area contributed by atoms with E-state index >= 15 is 0 Å². The van der Waals surface area contributed by atoms with Crippen LogP contribution in [0.25, 0.3) is 17.0 Å². The Hall–Kier alpha value is -4.00. The van der Waals surface area contributed by atoms with Crippen molar-refractivity contribution in [2.24, 2.45) is 11.0 Å². The summed E-state index contributed by atoms with van der Waals surface area (Å²) in [5, 5.41) is 15.7. The number of rotatable bonds is 4. The second-order valence-corrected chi connectivity index (χ2v) is 8.54. The molecule has 0 bridgehead atoms. The van der Waals surface area contributed by atoms with Gasteiger partial charge in [0.2, 0.25) is 5.91 Å². The number of aromatic carboxylic acids is 1. The molecule has 7 heteroatoms. The molecule has 0 unspecified atom stereocenters. The first kappa shape index (κ1) is 23.2. The van der Waals surface area contributed by atoms with Crippen LogP contribution in [0.2, 0.25) is 0 Å². The van der Waals surface area contributed by atoms with Crippen LogP contribution >= 0.6 is 0 Å². The molecule has 1 fully saturated rings. The number of amides is 1. The average molecular weight is 458 g/mol. The molecule has 3 aromatic rings. The van der Waals surface area contributed by atoms with Crippen LogP contribution in [0.5, 0.6) is 0 Å². The Bertz CT molecular complexity index is 1340. The van der Waals surface area contributed by atoms with E-state index in [-0.39, 0.29) is 23.3 Å². The second-order valence-electron chi connectivity index (χ2n) is 8.54. The summed E-state index contributed by atoms with van der Waals surface area (Å²) in [4.78, 5) is 36.6. The fourth-order valence-corrected chi connectivity index (χ4v) is 3.77. The van der Waals surface area contributed by atoms with Crippen LogP contribution in [-0.2, 0) is 4.79 Å². The largest absolute Gasteiger partial charge is 0.478 e. The van der Waals surface area contributed by atoms with Gasteiger partial charge in [0, 0.05) is 17.5 Å². The standard InChI is InChI=1S/C24H19N3O4.C3H8/c1-14-20(23(29)27(25-14)19-4-2-3-18(13-19)24(30)31)12-15-5-8-21-17(11-15)9-10-26(21)22(28)16-6-7-16;1-3-2/h2-5,8-13,16H,6-7H2,1H3,(H,30,31);3H2,1-2H3/b20-12-;. The second kappa shape index (κ2) is 9.47. The molecular weight excluding hydrogens is 430 g/mol. The Morgan fingerprint density at radius 3 is 2.53 bits per heavy atom. The molecule has 1 aromatic heterocycles. The third-order valence-electron chi connectivity index (χ3n) is 5.59. The maximum absolute atomic E-state index is 13.0. The number of hydrogen-bond acceptors (Lipinski definition) is 4. The van der Waals surface area contributed by atoms with Gasteiger partial charge in [-0.3, -0.25) is 14.2 Å². The van der Waals surface area contributed by atoms with Gasteiger partial charge in [0.25, 0.3) is 5.91 Å². The van der Waals surface area contributed by atoms with Gasteiger partial charge < -0.3 is 5.11 Å². The highest BCUT2D eigenvalue weighted by molar-refractivity contribution is 6.32. The number of benzene rings is 2. The molecular formula is C27H27N3O4. The lowest BCUT2D eigenvalue weighted by Gasteiger charge is -2.12. The maximum Gasteiger partial charge on any atom is 0.335 e. The number of anilines is 1. The quantitative estimate of drug-likeness (QED) is 0.515. The van der Waals surface area contributed by atoms with E-state index in [1.165, 1.54) is 23.6 Å². The Balaban J connectivity index is 0.000000868. The Kier molecular flexibility index (Phi) is 6.45. The van der Waals surface area contributed by atoms with Crippen molar-refractivity contribution in [2.45, 2.75) is 40.0 Å². The third-order valence-corrected chi connectivity index (χ3v) is 5.59. The van der Waals surface area contributed by atoms with Crippen molar-refractivity contribution in [3.63, 3.8) is 0 Å². The van der Waals surface area contributed by atoms with Crippen molar-refractivity contribution in [3.8, 4) is 0 Å². The normalized spacial score (nSPS) is 16.4. The molecule has 2 heterocycles. The summed E-state index contributed by atoms with van der Waals surface area (Å²) in [6.45, 7) is 5.99. The third kappa shape index (κ3) is 4.55. The first-order chi connectivity index (χ1) is 16.3. The molecule has 1 saturated carbocycles. The highest BCUT2D eigenvalue weighted by Gasteiger charge is 2.31. The van der Waals surface area contributed by atoms with Crippen LogP contribution in [0.15, 0.2) is 65.4 Å². The zero-order chi connectivity index (χ0) is 24.4. The molecule has 1 N–H and O–H groups in total. The highest BCUT2D eigenvalue weighted by atomic mass is 16.4. The summed E-state index contributed by atoms with van der Waals surface area (Å²) < 4.78 is 1.70. The summed E-state index contributed by atoms with van der Waals surface area (Å²) in [7, 11) is 0. The maximum atomic E-state index is 13.0. The number of carboxylic acid groups (broad SMARTS) is 1. The van der Waals surface area contributed by atoms with Gasteiger partial charge in [0.1, 0.15) is 0 Å².